The van der Waals surface area contributed by atoms with Crippen molar-refractivity contribution in [3.05, 3.63) is 158 Å². The zero-order valence-electron chi connectivity index (χ0n) is 34.6. The van der Waals surface area contributed by atoms with E-state index in [9.17, 15) is 0 Å². The van der Waals surface area contributed by atoms with Gasteiger partial charge in [0.15, 0.2) is 0 Å². The third-order valence-corrected chi connectivity index (χ3v) is 24.7. The largest absolute Gasteiger partial charge is 1.00 e. The molecule has 0 saturated carbocycles. The molecule has 0 heterocycles. The van der Waals surface area contributed by atoms with Crippen LogP contribution in [0.1, 0.15) is 111 Å². The van der Waals surface area contributed by atoms with E-state index in [1.165, 1.54) is 66.8 Å². The van der Waals surface area contributed by atoms with Crippen molar-refractivity contribution >= 4 is 22.4 Å². The van der Waals surface area contributed by atoms with Crippen LogP contribution in [0.5, 0.6) is 0 Å². The van der Waals surface area contributed by atoms with E-state index in [4.69, 9.17) is 0 Å². The van der Waals surface area contributed by atoms with Crippen LogP contribution in [-0.4, -0.2) is 11.3 Å². The zero-order chi connectivity index (χ0) is 37.2. The predicted octanol–water partition coefficient (Wildman–Crippen LogP) is 7.21. The van der Waals surface area contributed by atoms with Gasteiger partial charge in [0.05, 0.1) is 0 Å². The summed E-state index contributed by atoms with van der Waals surface area (Å²) in [5, 5.41) is 1.68. The third kappa shape index (κ3) is 6.40. The maximum Gasteiger partial charge on any atom is -1.00 e. The standard InChI is InChI=1S/C25H25.C15H14.C10H17Si.2ClH.Zr/c1-14-12-24(3,4)22-8-16-7-17-9-23-19(15(2)13-25(23,5)6)11-21(17)20(16)10-18(14)22;1-12-3-7-14(8-4-12)11-15-9-5-13(2)6-10-15;1-8-6-9(2)10(7-8)11(3,4)5;;;/h8-12H,7H2,1-6H3;3-10H,1-2H3;7-8H,1-5H3;2*1H;/q;;;;;+2/p-2. The van der Waals surface area contributed by atoms with Crippen LogP contribution in [0.2, 0.25) is 19.6 Å². The number of allylic oxidation sites excluding steroid dienone is 8. The van der Waals surface area contributed by atoms with Gasteiger partial charge in [0.1, 0.15) is 0 Å². The van der Waals surface area contributed by atoms with Gasteiger partial charge in [-0.1, -0.05) is 0 Å². The summed E-state index contributed by atoms with van der Waals surface area (Å²) in [7, 11) is -1.54. The van der Waals surface area contributed by atoms with Crippen molar-refractivity contribution in [2.75, 3.05) is 0 Å². The molecule has 0 spiro atoms. The topological polar surface area (TPSA) is 0 Å². The molecule has 0 aliphatic heterocycles. The molecule has 4 aromatic rings. The molecule has 0 aromatic heterocycles. The van der Waals surface area contributed by atoms with Crippen molar-refractivity contribution in [2.24, 2.45) is 5.92 Å². The molecule has 0 saturated heterocycles. The van der Waals surface area contributed by atoms with Crippen molar-refractivity contribution in [1.82, 2.24) is 0 Å². The first-order valence-corrected chi connectivity index (χ1v) is 26.7. The quantitative estimate of drug-likeness (QED) is 0.164. The minimum atomic E-state index is -2.92. The Labute approximate surface area is 347 Å². The number of aryl methyl sites for hydroxylation is 2. The summed E-state index contributed by atoms with van der Waals surface area (Å²) in [5.74, 6) is 0.460. The van der Waals surface area contributed by atoms with Crippen molar-refractivity contribution in [2.45, 2.75) is 106 Å². The maximum atomic E-state index is 2.69. The maximum absolute atomic E-state index is 2.92. The fourth-order valence-corrected chi connectivity index (χ4v) is 22.6. The second-order valence-corrected chi connectivity index (χ2v) is 29.3. The van der Waals surface area contributed by atoms with E-state index >= 15 is 0 Å². The number of halogens is 2. The molecule has 0 N–H and O–H groups in total. The SMILES string of the molecule is CC1=CC(C)(C)c2cc3c(cc21)-c1cc2c(cc1C3)C(C)(C)[C]([Zr+2]([C]1=C(C)C([Si](C)(C)C)=CC1C)=[C](c1ccc(C)cc1)c1ccc(C)cc1)=C2C.[Cl-].[Cl-]. The molecule has 4 aliphatic carbocycles. The summed E-state index contributed by atoms with van der Waals surface area (Å²) in [6.07, 6.45) is 6.18. The van der Waals surface area contributed by atoms with Crippen LogP contribution in [0, 0.1) is 19.8 Å². The Hall–Kier alpha value is -2.61. The average molecular weight is 847 g/mol. The Morgan fingerprint density at radius 2 is 1.15 bits per heavy atom. The second kappa shape index (κ2) is 14.1. The van der Waals surface area contributed by atoms with Gasteiger partial charge >= 0.3 is 325 Å². The van der Waals surface area contributed by atoms with Crippen LogP contribution in [0.15, 0.2) is 102 Å². The molecule has 54 heavy (non-hydrogen) atoms. The fourth-order valence-electron chi connectivity index (χ4n) is 10.4. The van der Waals surface area contributed by atoms with E-state index in [2.05, 4.69) is 174 Å². The van der Waals surface area contributed by atoms with Crippen molar-refractivity contribution in [1.29, 1.82) is 0 Å². The van der Waals surface area contributed by atoms with Crippen molar-refractivity contribution in [3.8, 4) is 11.1 Å². The number of rotatable bonds is 5. The molecule has 4 aromatic carbocycles. The molecule has 1 atom stereocenters. The molecule has 0 nitrogen and oxygen atoms in total. The molecule has 1 unspecified atom stereocenters. The Balaban J connectivity index is 0.00000249. The minimum Gasteiger partial charge on any atom is -1.00 e. The van der Waals surface area contributed by atoms with E-state index in [1.54, 1.807) is 31.7 Å². The smallest absolute Gasteiger partial charge is 1.00 e. The summed E-state index contributed by atoms with van der Waals surface area (Å²) in [4.78, 5) is 0. The molecule has 0 bridgehead atoms. The fraction of sp³-hybridized carbons (Fsp3) is 0.340. The molecular formula is C50H56Cl2SiZr. The second-order valence-electron chi connectivity index (χ2n) is 18.6. The molecule has 4 heteroatoms. The first kappa shape index (κ1) is 41.0. The molecular weight excluding hydrogens is 791 g/mol. The third-order valence-electron chi connectivity index (χ3n) is 12.9. The molecule has 0 fully saturated rings. The average Bonchev–Trinajstić information content (AvgIpc) is 3.71. The summed E-state index contributed by atoms with van der Waals surface area (Å²) < 4.78 is 5.21. The number of hydrogen-bond donors (Lipinski definition) is 0. The predicted molar refractivity (Wildman–Crippen MR) is 226 cm³/mol. The number of benzene rings is 4. The molecule has 278 valence electrons. The Kier molecular flexibility index (Phi) is 10.7. The van der Waals surface area contributed by atoms with E-state index in [0.29, 0.717) is 5.92 Å². The van der Waals surface area contributed by atoms with Gasteiger partial charge in [-0.25, -0.2) is 0 Å². The van der Waals surface area contributed by atoms with Crippen molar-refractivity contribution < 1.29 is 46.1 Å². The van der Waals surface area contributed by atoms with Gasteiger partial charge in [0, 0.05) is 0 Å². The summed E-state index contributed by atoms with van der Waals surface area (Å²) in [6, 6.07) is 29.4. The van der Waals surface area contributed by atoms with E-state index in [0.717, 1.165) is 6.42 Å². The van der Waals surface area contributed by atoms with E-state index in [-0.39, 0.29) is 35.6 Å². The van der Waals surface area contributed by atoms with Gasteiger partial charge in [0.2, 0.25) is 0 Å². The molecule has 4 aliphatic rings. The molecule has 8 rings (SSSR count). The Morgan fingerprint density at radius 3 is 1.65 bits per heavy atom. The minimum absolute atomic E-state index is 0. The zero-order valence-corrected chi connectivity index (χ0v) is 39.6. The number of fused-ring (bicyclic) bond motifs is 5. The van der Waals surface area contributed by atoms with Gasteiger partial charge in [0.25, 0.3) is 0 Å². The van der Waals surface area contributed by atoms with E-state index < -0.39 is 29.3 Å². The Morgan fingerprint density at radius 1 is 0.648 bits per heavy atom. The van der Waals surface area contributed by atoms with E-state index in [1.807, 2.05) is 0 Å². The normalized spacial score (nSPS) is 18.5. The van der Waals surface area contributed by atoms with Crippen molar-refractivity contribution in [3.63, 3.8) is 0 Å². The molecule has 0 radical (unpaired) electrons. The Bertz CT molecular complexity index is 2340. The number of hydrogen-bond acceptors (Lipinski definition) is 0. The first-order valence-electron chi connectivity index (χ1n) is 19.5. The van der Waals surface area contributed by atoms with Gasteiger partial charge in [-0.2, -0.15) is 0 Å². The summed E-state index contributed by atoms with van der Waals surface area (Å²) >= 11 is -2.92. The van der Waals surface area contributed by atoms with Gasteiger partial charge < -0.3 is 24.8 Å². The van der Waals surface area contributed by atoms with Crippen LogP contribution >= 0.6 is 0 Å². The monoisotopic (exact) mass is 844 g/mol. The summed E-state index contributed by atoms with van der Waals surface area (Å²) in [5.41, 5.74) is 22.0. The van der Waals surface area contributed by atoms with Crippen LogP contribution in [-0.2, 0) is 38.5 Å². The van der Waals surface area contributed by atoms with Gasteiger partial charge in [-0.15, -0.1) is 0 Å². The van der Waals surface area contributed by atoms with Crippen LogP contribution in [0.4, 0.5) is 0 Å². The van der Waals surface area contributed by atoms with Crippen LogP contribution in [0.25, 0.3) is 22.3 Å². The first-order chi connectivity index (χ1) is 24.4. The van der Waals surface area contributed by atoms with Crippen LogP contribution in [0.3, 0.4) is 0 Å². The van der Waals surface area contributed by atoms with Crippen LogP contribution < -0.4 is 24.8 Å². The molecule has 0 amide bonds. The van der Waals surface area contributed by atoms with Gasteiger partial charge in [-0.3, -0.25) is 0 Å². The van der Waals surface area contributed by atoms with Gasteiger partial charge in [-0.05, 0) is 0 Å². The summed E-state index contributed by atoms with van der Waals surface area (Å²) in [6.45, 7) is 31.7.